The van der Waals surface area contributed by atoms with E-state index < -0.39 is 0 Å². The number of hydrogen-bond acceptors (Lipinski definition) is 0. The van der Waals surface area contributed by atoms with Gasteiger partial charge in [0.1, 0.15) is 0 Å². The lowest BCUT2D eigenvalue weighted by atomic mass is 9.86. The molecular formula is C14H17Cl. The second-order valence-corrected chi connectivity index (χ2v) is 4.88. The zero-order valence-electron chi connectivity index (χ0n) is 9.22. The van der Waals surface area contributed by atoms with Gasteiger partial charge in [-0.25, -0.2) is 0 Å². The van der Waals surface area contributed by atoms with Crippen LogP contribution in [0.1, 0.15) is 38.2 Å². The van der Waals surface area contributed by atoms with Crippen LogP contribution in [-0.2, 0) is 5.41 Å². The summed E-state index contributed by atoms with van der Waals surface area (Å²) in [6, 6.07) is 8.25. The first-order valence-corrected chi connectivity index (χ1v) is 6.01. The maximum absolute atomic E-state index is 6.03. The van der Waals surface area contributed by atoms with Crippen LogP contribution in [0.3, 0.4) is 0 Å². The van der Waals surface area contributed by atoms with Crippen molar-refractivity contribution in [3.63, 3.8) is 0 Å². The molecule has 1 heteroatoms. The Morgan fingerprint density at radius 1 is 1.47 bits per heavy atom. The van der Waals surface area contributed by atoms with Gasteiger partial charge in [0.15, 0.2) is 0 Å². The smallest absolute Gasteiger partial charge is 0.0409 e. The number of rotatable bonds is 4. The van der Waals surface area contributed by atoms with Gasteiger partial charge in [0.25, 0.3) is 0 Å². The summed E-state index contributed by atoms with van der Waals surface area (Å²) in [5, 5.41) is 0.836. The summed E-state index contributed by atoms with van der Waals surface area (Å²) in [4.78, 5) is 0. The third-order valence-corrected chi connectivity index (χ3v) is 3.59. The molecule has 1 aromatic carbocycles. The van der Waals surface area contributed by atoms with E-state index in [0.717, 1.165) is 11.4 Å². The van der Waals surface area contributed by atoms with Gasteiger partial charge in [-0.05, 0) is 37.0 Å². The van der Waals surface area contributed by atoms with Crippen molar-refractivity contribution in [1.29, 1.82) is 0 Å². The summed E-state index contributed by atoms with van der Waals surface area (Å²) in [6.45, 7) is 6.45. The van der Waals surface area contributed by atoms with E-state index in [1.807, 2.05) is 12.1 Å². The summed E-state index contributed by atoms with van der Waals surface area (Å²) in [5.74, 6) is 0. The van der Waals surface area contributed by atoms with Crippen molar-refractivity contribution < 1.29 is 0 Å². The van der Waals surface area contributed by atoms with Crippen molar-refractivity contribution in [1.82, 2.24) is 0 Å². The van der Waals surface area contributed by atoms with Gasteiger partial charge >= 0.3 is 0 Å². The van der Waals surface area contributed by atoms with Crippen molar-refractivity contribution >= 4 is 11.6 Å². The van der Waals surface area contributed by atoms with Crippen LogP contribution in [0.25, 0.3) is 0 Å². The van der Waals surface area contributed by atoms with Gasteiger partial charge in [-0.1, -0.05) is 49.2 Å². The fourth-order valence-electron chi connectivity index (χ4n) is 2.30. The van der Waals surface area contributed by atoms with Gasteiger partial charge in [0, 0.05) is 10.4 Å². The van der Waals surface area contributed by atoms with E-state index in [2.05, 4.69) is 25.6 Å². The lowest BCUT2D eigenvalue weighted by Crippen LogP contribution is -2.09. The lowest BCUT2D eigenvalue weighted by Gasteiger charge is -2.18. The molecule has 1 fully saturated rings. The summed E-state index contributed by atoms with van der Waals surface area (Å²) in [5.41, 5.74) is 3.00. The summed E-state index contributed by atoms with van der Waals surface area (Å²) in [6.07, 6.45) is 4.80. The normalized spacial score (nSPS) is 17.5. The molecule has 0 bridgehead atoms. The molecule has 0 radical (unpaired) electrons. The minimum absolute atomic E-state index is 0.265. The number of halogens is 1. The Balaban J connectivity index is 2.26. The van der Waals surface area contributed by atoms with Gasteiger partial charge in [0.05, 0.1) is 0 Å². The lowest BCUT2D eigenvalue weighted by molar-refractivity contribution is 0.739. The Bertz CT molecular complexity index is 375. The first-order valence-electron chi connectivity index (χ1n) is 5.63. The Hall–Kier alpha value is -0.750. The van der Waals surface area contributed by atoms with Gasteiger partial charge in [-0.15, -0.1) is 0 Å². The first kappa shape index (κ1) is 10.8. The van der Waals surface area contributed by atoms with Crippen LogP contribution in [0.15, 0.2) is 36.4 Å². The fraction of sp³-hybridized carbons (Fsp3) is 0.429. The molecule has 1 saturated carbocycles. The van der Waals surface area contributed by atoms with Crippen molar-refractivity contribution in [2.75, 3.05) is 0 Å². The van der Waals surface area contributed by atoms with E-state index in [1.165, 1.54) is 30.4 Å². The predicted molar refractivity (Wildman–Crippen MR) is 66.4 cm³/mol. The highest BCUT2D eigenvalue weighted by atomic mass is 35.5. The van der Waals surface area contributed by atoms with Crippen molar-refractivity contribution in [2.24, 2.45) is 0 Å². The van der Waals surface area contributed by atoms with E-state index >= 15 is 0 Å². The monoisotopic (exact) mass is 220 g/mol. The van der Waals surface area contributed by atoms with Crippen LogP contribution >= 0.6 is 11.6 Å². The molecule has 1 aliphatic carbocycles. The molecule has 0 N–H and O–H groups in total. The zero-order chi connectivity index (χ0) is 10.9. The molecule has 0 aromatic heterocycles. The van der Waals surface area contributed by atoms with Gasteiger partial charge in [-0.3, -0.25) is 0 Å². The Labute approximate surface area is 97.0 Å². The van der Waals surface area contributed by atoms with Gasteiger partial charge in [0.2, 0.25) is 0 Å². The fourth-order valence-corrected chi connectivity index (χ4v) is 2.49. The van der Waals surface area contributed by atoms with E-state index in [0.29, 0.717) is 0 Å². The number of hydrogen-bond donors (Lipinski definition) is 0. The van der Waals surface area contributed by atoms with Crippen LogP contribution in [0.5, 0.6) is 0 Å². The maximum atomic E-state index is 6.03. The topological polar surface area (TPSA) is 0 Å². The molecule has 2 rings (SSSR count). The van der Waals surface area contributed by atoms with E-state index in [1.54, 1.807) is 0 Å². The standard InChI is InChI=1S/C14H17Cl/c1-3-5-11(2)14(8-9-14)12-6-4-7-13(15)10-12/h4,6-7,10H,2-3,5,8-9H2,1H3. The second-order valence-electron chi connectivity index (χ2n) is 4.45. The SMILES string of the molecule is C=C(CCC)C1(c2cccc(Cl)c2)CC1. The average molecular weight is 221 g/mol. The zero-order valence-corrected chi connectivity index (χ0v) is 9.98. The molecular weight excluding hydrogens is 204 g/mol. The quantitative estimate of drug-likeness (QED) is 0.644. The first-order chi connectivity index (χ1) is 7.19. The Morgan fingerprint density at radius 3 is 2.73 bits per heavy atom. The van der Waals surface area contributed by atoms with E-state index in [-0.39, 0.29) is 5.41 Å². The Morgan fingerprint density at radius 2 is 2.20 bits per heavy atom. The highest BCUT2D eigenvalue weighted by Crippen LogP contribution is 2.54. The van der Waals surface area contributed by atoms with E-state index in [4.69, 9.17) is 11.6 Å². The molecule has 0 spiro atoms. The molecule has 0 amide bonds. The largest absolute Gasteiger partial charge is 0.0990 e. The van der Waals surface area contributed by atoms with E-state index in [9.17, 15) is 0 Å². The summed E-state index contributed by atoms with van der Waals surface area (Å²) >= 11 is 6.03. The van der Waals surface area contributed by atoms with Crippen LogP contribution in [-0.4, -0.2) is 0 Å². The van der Waals surface area contributed by atoms with Crippen LogP contribution < -0.4 is 0 Å². The van der Waals surface area contributed by atoms with Crippen molar-refractivity contribution in [2.45, 2.75) is 38.0 Å². The van der Waals surface area contributed by atoms with Gasteiger partial charge in [-0.2, -0.15) is 0 Å². The molecule has 80 valence electrons. The molecule has 0 saturated heterocycles. The highest BCUT2D eigenvalue weighted by molar-refractivity contribution is 6.30. The molecule has 0 aliphatic heterocycles. The second kappa shape index (κ2) is 4.02. The molecule has 15 heavy (non-hydrogen) atoms. The molecule has 0 unspecified atom stereocenters. The van der Waals surface area contributed by atoms with Crippen LogP contribution in [0.2, 0.25) is 5.02 Å². The molecule has 1 aromatic rings. The highest BCUT2D eigenvalue weighted by Gasteiger charge is 2.45. The summed E-state index contributed by atoms with van der Waals surface area (Å²) in [7, 11) is 0. The summed E-state index contributed by atoms with van der Waals surface area (Å²) < 4.78 is 0. The van der Waals surface area contributed by atoms with Gasteiger partial charge < -0.3 is 0 Å². The minimum atomic E-state index is 0.265. The molecule has 1 aliphatic rings. The van der Waals surface area contributed by atoms with Crippen LogP contribution in [0.4, 0.5) is 0 Å². The average Bonchev–Trinajstić information content (AvgIpc) is 2.99. The van der Waals surface area contributed by atoms with Crippen molar-refractivity contribution in [3.05, 3.63) is 47.0 Å². The maximum Gasteiger partial charge on any atom is 0.0409 e. The molecule has 0 nitrogen and oxygen atoms in total. The predicted octanol–water partition coefficient (Wildman–Crippen LogP) is 4.73. The third-order valence-electron chi connectivity index (χ3n) is 3.36. The van der Waals surface area contributed by atoms with Crippen LogP contribution in [0, 0.1) is 0 Å². The third kappa shape index (κ3) is 1.96. The number of allylic oxidation sites excluding steroid dienone is 1. The minimum Gasteiger partial charge on any atom is -0.0990 e. The molecule has 0 heterocycles. The number of benzene rings is 1. The van der Waals surface area contributed by atoms with Crippen molar-refractivity contribution in [3.8, 4) is 0 Å². The molecule has 0 atom stereocenters. The Kier molecular flexibility index (Phi) is 2.88.